The molecule has 1 aromatic heterocycles. The predicted molar refractivity (Wildman–Crippen MR) is 48.3 cm³/mol. The molecule has 0 fully saturated rings. The molecule has 1 rings (SSSR count). The SMILES string of the molecule is CCO.Cc1ccc(N)nc1.[HH]. The summed E-state index contributed by atoms with van der Waals surface area (Å²) in [5.74, 6) is 0.579. The highest BCUT2D eigenvalue weighted by molar-refractivity contribution is 5.28. The van der Waals surface area contributed by atoms with Crippen LogP contribution in [0.3, 0.4) is 0 Å². The number of hydrogen-bond donors (Lipinski definition) is 2. The molecule has 0 aliphatic rings. The second-order valence-corrected chi connectivity index (χ2v) is 2.08. The van der Waals surface area contributed by atoms with Crippen molar-refractivity contribution in [2.45, 2.75) is 13.8 Å². The lowest BCUT2D eigenvalue weighted by Gasteiger charge is -1.89. The van der Waals surface area contributed by atoms with E-state index in [1.54, 1.807) is 19.2 Å². The lowest BCUT2D eigenvalue weighted by atomic mass is 10.3. The predicted octanol–water partition coefficient (Wildman–Crippen LogP) is 1.22. The number of nitrogen functional groups attached to an aromatic ring is 1. The Kier molecular flexibility index (Phi) is 5.11. The Hall–Kier alpha value is -1.09. The van der Waals surface area contributed by atoms with Gasteiger partial charge < -0.3 is 10.8 Å². The fourth-order valence-corrected chi connectivity index (χ4v) is 0.479. The monoisotopic (exact) mass is 156 g/mol. The van der Waals surface area contributed by atoms with Gasteiger partial charge in [0.05, 0.1) is 0 Å². The minimum absolute atomic E-state index is 0. The molecule has 0 aromatic carbocycles. The van der Waals surface area contributed by atoms with Crippen LogP contribution in [0.2, 0.25) is 0 Å². The van der Waals surface area contributed by atoms with Crippen LogP contribution in [-0.2, 0) is 0 Å². The molecule has 0 atom stereocenters. The van der Waals surface area contributed by atoms with Crippen LogP contribution in [0, 0.1) is 6.92 Å². The van der Waals surface area contributed by atoms with Crippen LogP contribution < -0.4 is 5.73 Å². The van der Waals surface area contributed by atoms with E-state index in [2.05, 4.69) is 4.98 Å². The molecular weight excluding hydrogens is 140 g/mol. The fourth-order valence-electron chi connectivity index (χ4n) is 0.479. The van der Waals surface area contributed by atoms with E-state index < -0.39 is 0 Å². The lowest BCUT2D eigenvalue weighted by Crippen LogP contribution is -1.87. The Labute approximate surface area is 68.4 Å². The van der Waals surface area contributed by atoms with E-state index in [-0.39, 0.29) is 8.03 Å². The van der Waals surface area contributed by atoms with Crippen molar-refractivity contribution in [3.05, 3.63) is 23.9 Å². The first-order chi connectivity index (χ1) is 5.20. The van der Waals surface area contributed by atoms with Gasteiger partial charge in [-0.3, -0.25) is 0 Å². The van der Waals surface area contributed by atoms with Gasteiger partial charge in [-0.1, -0.05) is 6.07 Å². The molecule has 0 unspecified atom stereocenters. The molecule has 0 saturated heterocycles. The van der Waals surface area contributed by atoms with Gasteiger partial charge in [-0.2, -0.15) is 0 Å². The van der Waals surface area contributed by atoms with Crippen LogP contribution >= 0.6 is 0 Å². The maximum absolute atomic E-state index is 7.57. The smallest absolute Gasteiger partial charge is 0.123 e. The zero-order valence-electron chi connectivity index (χ0n) is 6.91. The summed E-state index contributed by atoms with van der Waals surface area (Å²) in [6, 6.07) is 3.72. The van der Waals surface area contributed by atoms with Crippen molar-refractivity contribution in [3.8, 4) is 0 Å². The van der Waals surface area contributed by atoms with Crippen molar-refractivity contribution in [1.82, 2.24) is 4.98 Å². The topological polar surface area (TPSA) is 59.1 Å². The summed E-state index contributed by atoms with van der Waals surface area (Å²) in [7, 11) is 0. The molecule has 0 aliphatic carbocycles. The van der Waals surface area contributed by atoms with E-state index in [0.29, 0.717) is 5.82 Å². The number of rotatable bonds is 0. The minimum Gasteiger partial charge on any atom is -0.397 e. The largest absolute Gasteiger partial charge is 0.397 e. The summed E-state index contributed by atoms with van der Waals surface area (Å²) in [4.78, 5) is 3.86. The molecule has 0 bridgehead atoms. The molecule has 1 aromatic rings. The molecule has 3 heteroatoms. The molecule has 3 nitrogen and oxygen atoms in total. The zero-order chi connectivity index (χ0) is 8.69. The number of hydrogen-bond acceptors (Lipinski definition) is 3. The summed E-state index contributed by atoms with van der Waals surface area (Å²) in [5.41, 5.74) is 6.45. The van der Waals surface area contributed by atoms with Crippen LogP contribution in [0.15, 0.2) is 18.3 Å². The van der Waals surface area contributed by atoms with E-state index in [1.807, 2.05) is 13.0 Å². The van der Waals surface area contributed by atoms with Crippen molar-refractivity contribution in [3.63, 3.8) is 0 Å². The summed E-state index contributed by atoms with van der Waals surface area (Å²) in [6.45, 7) is 3.91. The Morgan fingerprint density at radius 3 is 2.45 bits per heavy atom. The number of pyridine rings is 1. The van der Waals surface area contributed by atoms with E-state index >= 15 is 0 Å². The highest BCUT2D eigenvalue weighted by atomic mass is 16.2. The third kappa shape index (κ3) is 5.36. The Balaban J connectivity index is 0. The molecule has 0 spiro atoms. The maximum atomic E-state index is 7.57. The molecule has 1 heterocycles. The molecule has 64 valence electrons. The van der Waals surface area contributed by atoms with E-state index in [9.17, 15) is 0 Å². The average Bonchev–Trinajstić information content (AvgIpc) is 1.97. The summed E-state index contributed by atoms with van der Waals surface area (Å²) < 4.78 is 0. The number of aliphatic hydroxyl groups excluding tert-OH is 1. The first-order valence-corrected chi connectivity index (χ1v) is 3.49. The summed E-state index contributed by atoms with van der Waals surface area (Å²) in [5, 5.41) is 7.57. The van der Waals surface area contributed by atoms with Gasteiger partial charge in [-0.25, -0.2) is 4.98 Å². The minimum atomic E-state index is 0. The number of aromatic nitrogens is 1. The van der Waals surface area contributed by atoms with Gasteiger partial charge >= 0.3 is 0 Å². The van der Waals surface area contributed by atoms with Crippen molar-refractivity contribution < 1.29 is 6.53 Å². The second kappa shape index (κ2) is 5.68. The Morgan fingerprint density at radius 1 is 1.64 bits per heavy atom. The van der Waals surface area contributed by atoms with Gasteiger partial charge in [0.15, 0.2) is 0 Å². The summed E-state index contributed by atoms with van der Waals surface area (Å²) in [6.07, 6.45) is 1.75. The molecule has 0 amide bonds. The van der Waals surface area contributed by atoms with Gasteiger partial charge in [0.1, 0.15) is 5.82 Å². The third-order valence-electron chi connectivity index (χ3n) is 0.934. The van der Waals surface area contributed by atoms with E-state index in [4.69, 9.17) is 10.8 Å². The highest BCUT2D eigenvalue weighted by Gasteiger charge is 1.81. The summed E-state index contributed by atoms with van der Waals surface area (Å²) >= 11 is 0. The third-order valence-corrected chi connectivity index (χ3v) is 0.934. The van der Waals surface area contributed by atoms with Crippen LogP contribution in [0.1, 0.15) is 13.9 Å². The molecule has 0 saturated carbocycles. The zero-order valence-corrected chi connectivity index (χ0v) is 6.91. The molecular formula is C8H16N2O. The van der Waals surface area contributed by atoms with E-state index in [1.165, 1.54) is 0 Å². The second-order valence-electron chi connectivity index (χ2n) is 2.08. The molecule has 0 aliphatic heterocycles. The average molecular weight is 156 g/mol. The normalized spacial score (nSPS) is 8.27. The number of nitrogens with zero attached hydrogens (tertiary/aromatic N) is 1. The molecule has 0 radical (unpaired) electrons. The number of aryl methyl sites for hydroxylation is 1. The number of aliphatic hydroxyl groups is 1. The van der Waals surface area contributed by atoms with Crippen molar-refractivity contribution in [1.29, 1.82) is 0 Å². The Morgan fingerprint density at radius 2 is 2.18 bits per heavy atom. The number of nitrogens with two attached hydrogens (primary N) is 1. The fraction of sp³-hybridized carbons (Fsp3) is 0.375. The van der Waals surface area contributed by atoms with Gasteiger partial charge in [-0.15, -0.1) is 0 Å². The Bertz CT molecular complexity index is 168. The standard InChI is InChI=1S/C6H8N2.C2H6O.H2/c1-5-2-3-6(7)8-4-5;1-2-3;/h2-4H,1H3,(H2,7,8);3H,2H2,1H3;1H. The maximum Gasteiger partial charge on any atom is 0.123 e. The van der Waals surface area contributed by atoms with E-state index in [0.717, 1.165) is 5.56 Å². The van der Waals surface area contributed by atoms with Crippen LogP contribution in [0.4, 0.5) is 5.82 Å². The lowest BCUT2D eigenvalue weighted by molar-refractivity contribution is 0.318. The van der Waals surface area contributed by atoms with Gasteiger partial charge in [0.25, 0.3) is 0 Å². The van der Waals surface area contributed by atoms with Crippen molar-refractivity contribution in [2.24, 2.45) is 0 Å². The molecule has 11 heavy (non-hydrogen) atoms. The van der Waals surface area contributed by atoms with Crippen LogP contribution in [-0.4, -0.2) is 16.7 Å². The van der Waals surface area contributed by atoms with Gasteiger partial charge in [0, 0.05) is 14.2 Å². The van der Waals surface area contributed by atoms with Gasteiger partial charge in [0.2, 0.25) is 0 Å². The van der Waals surface area contributed by atoms with Crippen LogP contribution in [0.5, 0.6) is 0 Å². The number of anilines is 1. The highest BCUT2D eigenvalue weighted by Crippen LogP contribution is 1.97. The van der Waals surface area contributed by atoms with Crippen molar-refractivity contribution in [2.75, 3.05) is 12.3 Å². The van der Waals surface area contributed by atoms with Gasteiger partial charge in [-0.05, 0) is 25.5 Å². The first kappa shape index (κ1) is 9.91. The first-order valence-electron chi connectivity index (χ1n) is 3.49. The van der Waals surface area contributed by atoms with Crippen LogP contribution in [0.25, 0.3) is 0 Å². The molecule has 3 N–H and O–H groups in total. The van der Waals surface area contributed by atoms with Crippen molar-refractivity contribution >= 4 is 5.82 Å². The quantitative estimate of drug-likeness (QED) is 0.593.